The van der Waals surface area contributed by atoms with Crippen LogP contribution in [0.1, 0.15) is 6.92 Å². The highest BCUT2D eigenvalue weighted by molar-refractivity contribution is 5.86. The van der Waals surface area contributed by atoms with Crippen molar-refractivity contribution in [2.75, 3.05) is 6.61 Å². The average Bonchev–Trinajstić information content (AvgIpc) is 3.19. The van der Waals surface area contributed by atoms with Crippen LogP contribution >= 0.6 is 0 Å². The summed E-state index contributed by atoms with van der Waals surface area (Å²) in [6, 6.07) is 13.2. The maximum Gasteiger partial charge on any atom is 0.387 e. The Hall–Kier alpha value is -4.34. The quantitative estimate of drug-likeness (QED) is 0.373. The fourth-order valence-electron chi connectivity index (χ4n) is 3.80. The minimum atomic E-state index is -2.94. The maximum absolute atomic E-state index is 13.8. The van der Waals surface area contributed by atoms with Gasteiger partial charge in [-0.2, -0.15) is 13.8 Å². The lowest BCUT2D eigenvalue weighted by Crippen LogP contribution is -2.21. The van der Waals surface area contributed by atoms with Crippen molar-refractivity contribution in [3.05, 3.63) is 71.4 Å². The fourth-order valence-corrected chi connectivity index (χ4v) is 3.80. The van der Waals surface area contributed by atoms with E-state index in [0.29, 0.717) is 34.5 Å². The molecule has 34 heavy (non-hydrogen) atoms. The molecule has 2 aromatic carbocycles. The molecule has 0 aliphatic rings. The maximum atomic E-state index is 13.8. The second-order valence-electron chi connectivity index (χ2n) is 7.49. The number of benzene rings is 2. The SMILES string of the molecule is CCOc1ncc2cc(-c3ccc4ncn(C)c4c3)c(=O)n(-c3ccc(OC(F)F)cc3)c2n1. The first-order valence-electron chi connectivity index (χ1n) is 10.5. The van der Waals surface area contributed by atoms with Gasteiger partial charge in [0, 0.05) is 24.2 Å². The first-order chi connectivity index (χ1) is 16.4. The summed E-state index contributed by atoms with van der Waals surface area (Å²) in [5.41, 5.74) is 3.24. The van der Waals surface area contributed by atoms with Crippen LogP contribution in [0.15, 0.2) is 65.8 Å². The molecule has 8 nitrogen and oxygen atoms in total. The number of pyridine rings is 1. The van der Waals surface area contributed by atoms with E-state index in [1.54, 1.807) is 25.5 Å². The van der Waals surface area contributed by atoms with Gasteiger partial charge in [-0.15, -0.1) is 0 Å². The monoisotopic (exact) mass is 463 g/mol. The van der Waals surface area contributed by atoms with Crippen LogP contribution in [-0.4, -0.2) is 37.3 Å². The summed E-state index contributed by atoms with van der Waals surface area (Å²) in [6.07, 6.45) is 3.29. The van der Waals surface area contributed by atoms with Crippen molar-refractivity contribution in [2.45, 2.75) is 13.5 Å². The highest BCUT2D eigenvalue weighted by Crippen LogP contribution is 2.26. The summed E-state index contributed by atoms with van der Waals surface area (Å²) < 4.78 is 38.3. The molecular weight excluding hydrogens is 444 g/mol. The zero-order valence-corrected chi connectivity index (χ0v) is 18.3. The number of alkyl halides is 2. The Kier molecular flexibility index (Phi) is 5.40. The molecule has 0 spiro atoms. The Labute approximate surface area is 192 Å². The number of aryl methyl sites for hydroxylation is 1. The smallest absolute Gasteiger partial charge is 0.387 e. The summed E-state index contributed by atoms with van der Waals surface area (Å²) in [5.74, 6) is -0.0152. The van der Waals surface area contributed by atoms with E-state index in [1.165, 1.54) is 28.8 Å². The molecule has 5 aromatic rings. The van der Waals surface area contributed by atoms with E-state index in [1.807, 2.05) is 29.8 Å². The second-order valence-corrected chi connectivity index (χ2v) is 7.49. The number of hydrogen-bond acceptors (Lipinski definition) is 6. The topological polar surface area (TPSA) is 84.1 Å². The van der Waals surface area contributed by atoms with Crippen LogP contribution in [0, 0.1) is 0 Å². The Balaban J connectivity index is 1.75. The summed E-state index contributed by atoms with van der Waals surface area (Å²) in [7, 11) is 1.88. The summed E-state index contributed by atoms with van der Waals surface area (Å²) >= 11 is 0. The lowest BCUT2D eigenvalue weighted by atomic mass is 10.0. The second kappa shape index (κ2) is 8.54. The predicted molar refractivity (Wildman–Crippen MR) is 123 cm³/mol. The van der Waals surface area contributed by atoms with E-state index in [4.69, 9.17) is 4.74 Å². The van der Waals surface area contributed by atoms with Crippen molar-refractivity contribution < 1.29 is 18.3 Å². The van der Waals surface area contributed by atoms with Gasteiger partial charge in [-0.25, -0.2) is 9.97 Å². The van der Waals surface area contributed by atoms with Crippen LogP contribution in [-0.2, 0) is 7.05 Å². The molecule has 0 atom stereocenters. The molecule has 0 aliphatic carbocycles. The van der Waals surface area contributed by atoms with Crippen LogP contribution in [0.25, 0.3) is 38.9 Å². The molecule has 172 valence electrons. The molecule has 0 bridgehead atoms. The normalized spacial score (nSPS) is 11.4. The molecule has 0 aliphatic heterocycles. The van der Waals surface area contributed by atoms with Crippen LogP contribution in [0.5, 0.6) is 11.8 Å². The molecule has 3 heterocycles. The van der Waals surface area contributed by atoms with Crippen LogP contribution in [0.2, 0.25) is 0 Å². The van der Waals surface area contributed by atoms with Gasteiger partial charge in [-0.05, 0) is 55.0 Å². The van der Waals surface area contributed by atoms with Gasteiger partial charge in [0.15, 0.2) is 5.65 Å². The van der Waals surface area contributed by atoms with Gasteiger partial charge in [0.05, 0.1) is 29.7 Å². The standard InChI is InChI=1S/C24H19F2N5O3/c1-3-33-24-27-12-15-10-18(14-4-9-19-20(11-14)30(2)13-28-19)22(32)31(21(15)29-24)16-5-7-17(8-6-16)34-23(25)26/h4-13,23H,3H2,1-2H3. The van der Waals surface area contributed by atoms with Gasteiger partial charge >= 0.3 is 12.6 Å². The van der Waals surface area contributed by atoms with Gasteiger partial charge in [-0.3, -0.25) is 9.36 Å². The van der Waals surface area contributed by atoms with Gasteiger partial charge in [-0.1, -0.05) is 6.07 Å². The number of hydrogen-bond donors (Lipinski definition) is 0. The largest absolute Gasteiger partial charge is 0.464 e. The predicted octanol–water partition coefficient (Wildman–Crippen LogP) is 4.33. The van der Waals surface area contributed by atoms with Crippen LogP contribution in [0.4, 0.5) is 8.78 Å². The van der Waals surface area contributed by atoms with Gasteiger partial charge in [0.25, 0.3) is 5.56 Å². The van der Waals surface area contributed by atoms with E-state index in [-0.39, 0.29) is 17.3 Å². The van der Waals surface area contributed by atoms with Gasteiger partial charge in [0.2, 0.25) is 0 Å². The molecule has 0 amide bonds. The van der Waals surface area contributed by atoms with Gasteiger partial charge < -0.3 is 14.0 Å². The third-order valence-corrected chi connectivity index (χ3v) is 5.35. The highest BCUT2D eigenvalue weighted by Gasteiger charge is 2.17. The molecule has 0 fully saturated rings. The molecule has 5 rings (SSSR count). The van der Waals surface area contributed by atoms with E-state index >= 15 is 0 Å². The Morgan fingerprint density at radius 3 is 2.59 bits per heavy atom. The fraction of sp³-hybridized carbons (Fsp3) is 0.167. The third kappa shape index (κ3) is 3.83. The summed E-state index contributed by atoms with van der Waals surface area (Å²) in [6.45, 7) is -0.778. The zero-order chi connectivity index (χ0) is 23.8. The van der Waals surface area contributed by atoms with Crippen molar-refractivity contribution in [1.82, 2.24) is 24.1 Å². The number of ether oxygens (including phenoxy) is 2. The number of aromatic nitrogens is 5. The Morgan fingerprint density at radius 1 is 1.06 bits per heavy atom. The molecule has 0 saturated carbocycles. The summed E-state index contributed by atoms with van der Waals surface area (Å²) in [5, 5.41) is 0.607. The first-order valence-corrected chi connectivity index (χ1v) is 10.5. The highest BCUT2D eigenvalue weighted by atomic mass is 19.3. The molecule has 0 radical (unpaired) electrons. The molecule has 3 aromatic heterocycles. The number of fused-ring (bicyclic) bond motifs is 2. The number of nitrogens with zero attached hydrogens (tertiary/aromatic N) is 5. The lowest BCUT2D eigenvalue weighted by molar-refractivity contribution is -0.0498. The van der Waals surface area contributed by atoms with E-state index < -0.39 is 6.61 Å². The number of rotatable bonds is 6. The van der Waals surface area contributed by atoms with Crippen LogP contribution in [0.3, 0.4) is 0 Å². The Bertz CT molecular complexity index is 1560. The molecule has 0 saturated heterocycles. The minimum Gasteiger partial charge on any atom is -0.464 e. The third-order valence-electron chi connectivity index (χ3n) is 5.35. The van der Waals surface area contributed by atoms with Crippen molar-refractivity contribution in [3.63, 3.8) is 0 Å². The molecular formula is C24H19F2N5O3. The first kappa shape index (κ1) is 21.5. The lowest BCUT2D eigenvalue weighted by Gasteiger charge is -2.14. The number of halogens is 2. The van der Waals surface area contributed by atoms with Crippen LogP contribution < -0.4 is 15.0 Å². The average molecular weight is 463 g/mol. The van der Waals surface area contributed by atoms with E-state index in [2.05, 4.69) is 19.7 Å². The molecule has 10 heteroatoms. The van der Waals surface area contributed by atoms with E-state index in [0.717, 1.165) is 11.0 Å². The van der Waals surface area contributed by atoms with E-state index in [9.17, 15) is 13.6 Å². The van der Waals surface area contributed by atoms with Crippen molar-refractivity contribution >= 4 is 22.1 Å². The van der Waals surface area contributed by atoms with Crippen molar-refractivity contribution in [2.24, 2.45) is 7.05 Å². The van der Waals surface area contributed by atoms with Gasteiger partial charge in [0.1, 0.15) is 5.75 Å². The molecule has 0 N–H and O–H groups in total. The summed E-state index contributed by atoms with van der Waals surface area (Å²) in [4.78, 5) is 26.7. The van der Waals surface area contributed by atoms with Crippen molar-refractivity contribution in [1.29, 1.82) is 0 Å². The molecule has 0 unspecified atom stereocenters. The van der Waals surface area contributed by atoms with Crippen molar-refractivity contribution in [3.8, 4) is 28.6 Å². The minimum absolute atomic E-state index is 0.0152. The number of imidazole rings is 1. The zero-order valence-electron chi connectivity index (χ0n) is 18.3. The Morgan fingerprint density at radius 2 is 1.85 bits per heavy atom.